The van der Waals surface area contributed by atoms with Gasteiger partial charge in [-0.15, -0.1) is 9.10 Å². The highest BCUT2D eigenvalue weighted by Gasteiger charge is 1.94. The summed E-state index contributed by atoms with van der Waals surface area (Å²) in [4.78, 5) is 0. The first-order chi connectivity index (χ1) is 5.41. The average Bonchev–Trinajstić information content (AvgIpc) is 2.03. The van der Waals surface area contributed by atoms with Gasteiger partial charge in [0.2, 0.25) is 0 Å². The fourth-order valence-corrected chi connectivity index (χ4v) is 3.30. The predicted molar refractivity (Wildman–Crippen MR) is 54.4 cm³/mol. The van der Waals surface area contributed by atoms with Crippen molar-refractivity contribution in [1.29, 1.82) is 0 Å². The summed E-state index contributed by atoms with van der Waals surface area (Å²) in [6.07, 6.45) is 8.78. The molecule has 0 spiro atoms. The molecule has 0 aliphatic rings. The molecular weight excluding hydrogens is 144 g/mol. The van der Waals surface area contributed by atoms with Crippen LogP contribution in [0, 0.1) is 0 Å². The summed E-state index contributed by atoms with van der Waals surface area (Å²) in [7, 11) is 0. The van der Waals surface area contributed by atoms with E-state index in [0.717, 1.165) is 0 Å². The van der Waals surface area contributed by atoms with Gasteiger partial charge in [0.15, 0.2) is 0 Å². The zero-order chi connectivity index (χ0) is 8.36. The zero-order valence-electron chi connectivity index (χ0n) is 8.36. The van der Waals surface area contributed by atoms with Gasteiger partial charge >= 0.3 is 20.4 Å². The quantitative estimate of drug-likeness (QED) is 0.379. The van der Waals surface area contributed by atoms with E-state index < -0.39 is 0 Å². The van der Waals surface area contributed by atoms with Crippen molar-refractivity contribution in [1.82, 2.24) is 0 Å². The third-order valence-electron chi connectivity index (χ3n) is 2.21. The van der Waals surface area contributed by atoms with E-state index in [4.69, 9.17) is 0 Å². The summed E-state index contributed by atoms with van der Waals surface area (Å²) in [5, 5.41) is 0. The molecule has 0 saturated heterocycles. The van der Waals surface area contributed by atoms with E-state index in [2.05, 4.69) is 13.8 Å². The van der Waals surface area contributed by atoms with E-state index in [1.165, 1.54) is 38.5 Å². The highest BCUT2D eigenvalue weighted by atomic mass is 24.5. The van der Waals surface area contributed by atoms with Crippen molar-refractivity contribution in [2.45, 2.75) is 61.5 Å². The van der Waals surface area contributed by atoms with Gasteiger partial charge in [-0.25, -0.2) is 0 Å². The van der Waals surface area contributed by atoms with Crippen molar-refractivity contribution < 1.29 is 0 Å². The number of unbranched alkanes of at least 4 members (excludes halogenated alkanes) is 4. The lowest BCUT2D eigenvalue weighted by molar-refractivity contribution is 0.699. The standard InChI is InChI=1S/C6H13.C4H9.Mg/c1-3-5-6-4-2;1-3-4-2;/h1,3-6H2,2H3;1,3-4H2,2H3;. The molecule has 0 bridgehead atoms. The predicted octanol–water partition coefficient (Wildman–Crippen LogP) is 3.91. The van der Waals surface area contributed by atoms with Gasteiger partial charge in [-0.1, -0.05) is 52.4 Å². The summed E-state index contributed by atoms with van der Waals surface area (Å²) < 4.78 is 3.21. The number of hydrogen-bond donors (Lipinski definition) is 0. The van der Waals surface area contributed by atoms with Crippen LogP contribution in [0.15, 0.2) is 0 Å². The summed E-state index contributed by atoms with van der Waals surface area (Å²) in [5.74, 6) is 0. The van der Waals surface area contributed by atoms with Gasteiger partial charge < -0.3 is 0 Å². The lowest BCUT2D eigenvalue weighted by Gasteiger charge is -1.97. The monoisotopic (exact) mass is 166 g/mol. The molecule has 0 aromatic rings. The maximum absolute atomic E-state index is 2.30. The van der Waals surface area contributed by atoms with E-state index in [1.807, 2.05) is 0 Å². The molecule has 0 fully saturated rings. The molecule has 0 aliphatic carbocycles. The second kappa shape index (κ2) is 10.8. The number of rotatable bonds is 8. The van der Waals surface area contributed by atoms with Crippen molar-refractivity contribution in [3.05, 3.63) is 0 Å². The first-order valence-corrected chi connectivity index (χ1v) is 7.41. The molecule has 0 saturated carbocycles. The second-order valence-corrected chi connectivity index (χ2v) is 5.60. The molecule has 0 heterocycles. The van der Waals surface area contributed by atoms with Crippen LogP contribution in [0.1, 0.15) is 52.4 Å². The first-order valence-electron chi connectivity index (χ1n) is 5.41. The van der Waals surface area contributed by atoms with E-state index in [-0.39, 0.29) is 0 Å². The third-order valence-corrected chi connectivity index (χ3v) is 4.21. The summed E-state index contributed by atoms with van der Waals surface area (Å²) in [5.41, 5.74) is 0. The molecule has 0 atom stereocenters. The Morgan fingerprint density at radius 3 is 2.00 bits per heavy atom. The largest absolute Gasteiger partial charge is 0.364 e. The molecule has 0 aromatic carbocycles. The molecule has 0 N–H and O–H groups in total. The average molecular weight is 167 g/mol. The zero-order valence-corrected chi connectivity index (χ0v) is 9.78. The van der Waals surface area contributed by atoms with Crippen LogP contribution in [0.3, 0.4) is 0 Å². The maximum atomic E-state index is 2.30. The summed E-state index contributed by atoms with van der Waals surface area (Å²) in [6, 6.07) is 0. The SMILES string of the molecule is CCCCC[CH2][Mg][CH2]CCC. The van der Waals surface area contributed by atoms with Gasteiger partial charge in [-0.05, 0) is 0 Å². The van der Waals surface area contributed by atoms with Crippen LogP contribution >= 0.6 is 0 Å². The second-order valence-electron chi connectivity index (χ2n) is 3.47. The molecule has 0 amide bonds. The Bertz CT molecular complexity index is 53.9. The molecule has 0 unspecified atom stereocenters. The lowest BCUT2D eigenvalue weighted by atomic mass is 10.2. The summed E-state index contributed by atoms with van der Waals surface area (Å²) in [6.45, 7) is 4.58. The highest BCUT2D eigenvalue weighted by molar-refractivity contribution is 6.35. The molecule has 0 nitrogen and oxygen atoms in total. The molecule has 0 rings (SSSR count). The van der Waals surface area contributed by atoms with Crippen LogP contribution in [-0.2, 0) is 0 Å². The first kappa shape index (κ1) is 11.8. The third kappa shape index (κ3) is 10.8. The Morgan fingerprint density at radius 1 is 0.727 bits per heavy atom. The van der Waals surface area contributed by atoms with Crippen LogP contribution in [0.2, 0.25) is 9.10 Å². The molecule has 0 radical (unpaired) electrons. The molecule has 0 aliphatic heterocycles. The normalized spacial score (nSPS) is 9.64. The minimum Gasteiger partial charge on any atom is -0.146 e. The molecule has 0 aromatic heterocycles. The Kier molecular flexibility index (Phi) is 11.5. The van der Waals surface area contributed by atoms with Crippen molar-refractivity contribution >= 4 is 20.4 Å². The molecule has 1 heteroatoms. The van der Waals surface area contributed by atoms with Gasteiger partial charge in [0.25, 0.3) is 0 Å². The maximum Gasteiger partial charge on any atom is 0.364 e. The van der Waals surface area contributed by atoms with Crippen LogP contribution in [0.4, 0.5) is 0 Å². The van der Waals surface area contributed by atoms with Gasteiger partial charge in [0.1, 0.15) is 0 Å². The van der Waals surface area contributed by atoms with Gasteiger partial charge in [0, 0.05) is 0 Å². The Hall–Kier alpha value is 0.766. The lowest BCUT2D eigenvalue weighted by Crippen LogP contribution is -1.88. The smallest absolute Gasteiger partial charge is 0.146 e. The van der Waals surface area contributed by atoms with Crippen LogP contribution in [0.5, 0.6) is 0 Å². The topological polar surface area (TPSA) is 0 Å². The van der Waals surface area contributed by atoms with Gasteiger partial charge in [-0.2, -0.15) is 0 Å². The fraction of sp³-hybridized carbons (Fsp3) is 1.00. The van der Waals surface area contributed by atoms with E-state index in [9.17, 15) is 0 Å². The minimum atomic E-state index is 0.372. The Labute approximate surface area is 81.9 Å². The Balaban J connectivity index is 2.69. The van der Waals surface area contributed by atoms with E-state index >= 15 is 0 Å². The Morgan fingerprint density at radius 2 is 1.36 bits per heavy atom. The van der Waals surface area contributed by atoms with Crippen molar-refractivity contribution in [2.75, 3.05) is 0 Å². The van der Waals surface area contributed by atoms with Crippen molar-refractivity contribution in [2.24, 2.45) is 0 Å². The van der Waals surface area contributed by atoms with E-state index in [0.29, 0.717) is 20.4 Å². The van der Waals surface area contributed by atoms with Crippen LogP contribution in [-0.4, -0.2) is 20.4 Å². The van der Waals surface area contributed by atoms with Crippen LogP contribution < -0.4 is 0 Å². The summed E-state index contributed by atoms with van der Waals surface area (Å²) >= 11 is 0.372. The molecule has 64 valence electrons. The minimum absolute atomic E-state index is 0.372. The molecule has 11 heavy (non-hydrogen) atoms. The fourth-order valence-electron chi connectivity index (χ4n) is 1.38. The van der Waals surface area contributed by atoms with Crippen LogP contribution in [0.25, 0.3) is 0 Å². The van der Waals surface area contributed by atoms with Gasteiger partial charge in [0.05, 0.1) is 0 Å². The van der Waals surface area contributed by atoms with Gasteiger partial charge in [-0.3, -0.25) is 0 Å². The molecular formula is C10H22Mg. The van der Waals surface area contributed by atoms with Crippen molar-refractivity contribution in [3.63, 3.8) is 0 Å². The van der Waals surface area contributed by atoms with E-state index in [1.54, 1.807) is 9.10 Å². The highest BCUT2D eigenvalue weighted by Crippen LogP contribution is 2.04. The number of hydrogen-bond acceptors (Lipinski definition) is 0. The van der Waals surface area contributed by atoms with Crippen molar-refractivity contribution in [3.8, 4) is 0 Å².